The monoisotopic (exact) mass is 446 g/mol. The van der Waals surface area contributed by atoms with Gasteiger partial charge in [-0.25, -0.2) is 14.6 Å². The van der Waals surface area contributed by atoms with Gasteiger partial charge in [0.1, 0.15) is 23.2 Å². The Hall–Kier alpha value is -2.98. The van der Waals surface area contributed by atoms with E-state index < -0.39 is 0 Å². The van der Waals surface area contributed by atoms with Gasteiger partial charge in [0.15, 0.2) is 0 Å². The fraction of sp³-hybridized carbons (Fsp3) is 0.450. The minimum Gasteiger partial charge on any atom is -0.472 e. The molecule has 3 aromatic rings. The van der Waals surface area contributed by atoms with Crippen molar-refractivity contribution in [3.63, 3.8) is 0 Å². The molecular weight excluding hydrogens is 424 g/mol. The molecule has 1 saturated heterocycles. The van der Waals surface area contributed by atoms with E-state index in [4.69, 9.17) is 26.0 Å². The Bertz CT molecular complexity index is 1110. The molecule has 4 rings (SSSR count). The van der Waals surface area contributed by atoms with Crippen molar-refractivity contribution < 1.29 is 14.4 Å². The van der Waals surface area contributed by atoms with Crippen molar-refractivity contribution in [2.24, 2.45) is 0 Å². The van der Waals surface area contributed by atoms with Gasteiger partial charge in [-0.1, -0.05) is 16.8 Å². The maximum atomic E-state index is 12.4. The van der Waals surface area contributed by atoms with Crippen LogP contribution in [0.4, 0.5) is 5.69 Å². The Balaban J connectivity index is 1.46. The van der Waals surface area contributed by atoms with E-state index in [0.29, 0.717) is 49.1 Å². The zero-order valence-corrected chi connectivity index (χ0v) is 18.0. The standard InChI is InChI=1S/C20H23ClN6O4/c1-12-18(13(2)31-25-12)15-8-17(23-11-22-15)30-14-4-6-26(10-14)16-9-24-27(5-3-7-28)20(29)19(16)21/h8-9,11,14,28H,3-7,10H2,1-2H3/t14-/m1/s1. The van der Waals surface area contributed by atoms with Crippen LogP contribution in [-0.2, 0) is 6.54 Å². The summed E-state index contributed by atoms with van der Waals surface area (Å²) in [7, 11) is 0. The minimum atomic E-state index is -0.364. The first kappa shape index (κ1) is 21.3. The lowest BCUT2D eigenvalue weighted by atomic mass is 10.1. The molecule has 0 spiro atoms. The number of aliphatic hydroxyl groups is 1. The van der Waals surface area contributed by atoms with Gasteiger partial charge >= 0.3 is 0 Å². The minimum absolute atomic E-state index is 0.0143. The first-order chi connectivity index (χ1) is 15.0. The van der Waals surface area contributed by atoms with Gasteiger partial charge in [0.05, 0.1) is 35.4 Å². The van der Waals surface area contributed by atoms with Gasteiger partial charge in [-0.15, -0.1) is 0 Å². The van der Waals surface area contributed by atoms with E-state index in [1.165, 1.54) is 11.0 Å². The summed E-state index contributed by atoms with van der Waals surface area (Å²) in [6.07, 6.45) is 4.10. The number of aryl methyl sites for hydroxylation is 3. The van der Waals surface area contributed by atoms with Crippen molar-refractivity contribution in [2.75, 3.05) is 24.6 Å². The predicted molar refractivity (Wildman–Crippen MR) is 113 cm³/mol. The highest BCUT2D eigenvalue weighted by molar-refractivity contribution is 6.33. The SMILES string of the molecule is Cc1noc(C)c1-c1cc(O[C@@H]2CCN(c3cnn(CCCO)c(=O)c3Cl)C2)ncn1. The number of halogens is 1. The quantitative estimate of drug-likeness (QED) is 0.580. The number of ether oxygens (including phenoxy) is 1. The Morgan fingerprint density at radius 3 is 2.94 bits per heavy atom. The zero-order chi connectivity index (χ0) is 22.0. The van der Waals surface area contributed by atoms with Gasteiger partial charge in [0.25, 0.3) is 5.56 Å². The average molecular weight is 447 g/mol. The number of rotatable bonds is 7. The van der Waals surface area contributed by atoms with Crippen molar-refractivity contribution in [1.82, 2.24) is 24.9 Å². The van der Waals surface area contributed by atoms with Gasteiger partial charge in [0, 0.05) is 32.2 Å². The molecule has 1 aliphatic heterocycles. The van der Waals surface area contributed by atoms with Crippen LogP contribution in [-0.4, -0.2) is 55.8 Å². The molecule has 0 unspecified atom stereocenters. The fourth-order valence-electron chi connectivity index (χ4n) is 3.66. The average Bonchev–Trinajstić information content (AvgIpc) is 3.35. The van der Waals surface area contributed by atoms with Crippen molar-refractivity contribution in [2.45, 2.75) is 39.3 Å². The summed E-state index contributed by atoms with van der Waals surface area (Å²) >= 11 is 6.32. The molecule has 1 fully saturated rings. The summed E-state index contributed by atoms with van der Waals surface area (Å²) in [5.74, 6) is 1.14. The lowest BCUT2D eigenvalue weighted by Crippen LogP contribution is -2.30. The Morgan fingerprint density at radius 2 is 2.19 bits per heavy atom. The van der Waals surface area contributed by atoms with E-state index in [-0.39, 0.29) is 23.3 Å². The predicted octanol–water partition coefficient (Wildman–Crippen LogP) is 2.00. The van der Waals surface area contributed by atoms with E-state index in [1.807, 2.05) is 18.7 Å². The van der Waals surface area contributed by atoms with Gasteiger partial charge in [-0.05, 0) is 20.3 Å². The van der Waals surface area contributed by atoms with Crippen LogP contribution in [0, 0.1) is 13.8 Å². The van der Waals surface area contributed by atoms with E-state index in [9.17, 15) is 4.79 Å². The van der Waals surface area contributed by atoms with Crippen LogP contribution < -0.4 is 15.2 Å². The summed E-state index contributed by atoms with van der Waals surface area (Å²) in [5.41, 5.74) is 2.49. The number of aromatic nitrogens is 5. The number of aliphatic hydroxyl groups excluding tert-OH is 1. The van der Waals surface area contributed by atoms with Crippen molar-refractivity contribution in [1.29, 1.82) is 0 Å². The molecule has 164 valence electrons. The lowest BCUT2D eigenvalue weighted by Gasteiger charge is -2.20. The normalized spacial score (nSPS) is 16.1. The summed E-state index contributed by atoms with van der Waals surface area (Å²) in [5, 5.41) is 17.2. The molecule has 1 aliphatic rings. The van der Waals surface area contributed by atoms with Gasteiger partial charge in [-0.2, -0.15) is 5.10 Å². The molecule has 0 saturated carbocycles. The molecule has 0 bridgehead atoms. The van der Waals surface area contributed by atoms with Crippen molar-refractivity contribution in [3.8, 4) is 17.1 Å². The third-order valence-electron chi connectivity index (χ3n) is 5.20. The summed E-state index contributed by atoms with van der Waals surface area (Å²) in [4.78, 5) is 22.9. The van der Waals surface area contributed by atoms with E-state index in [1.54, 1.807) is 12.3 Å². The van der Waals surface area contributed by atoms with Crippen molar-refractivity contribution in [3.05, 3.63) is 45.4 Å². The highest BCUT2D eigenvalue weighted by atomic mass is 35.5. The molecule has 0 amide bonds. The number of nitrogens with zero attached hydrogens (tertiary/aromatic N) is 6. The molecule has 10 nitrogen and oxygen atoms in total. The maximum absolute atomic E-state index is 12.4. The van der Waals surface area contributed by atoms with E-state index in [2.05, 4.69) is 20.2 Å². The number of hydrogen-bond acceptors (Lipinski definition) is 9. The van der Waals surface area contributed by atoms with Crippen LogP contribution in [0.3, 0.4) is 0 Å². The summed E-state index contributed by atoms with van der Waals surface area (Å²) in [6, 6.07) is 1.77. The maximum Gasteiger partial charge on any atom is 0.287 e. The molecule has 0 aliphatic carbocycles. The van der Waals surface area contributed by atoms with Gasteiger partial charge in [-0.3, -0.25) is 4.79 Å². The van der Waals surface area contributed by atoms with Crippen LogP contribution in [0.15, 0.2) is 27.9 Å². The Labute approximate surface area is 183 Å². The third-order valence-corrected chi connectivity index (χ3v) is 5.55. The fourth-order valence-corrected chi connectivity index (χ4v) is 3.93. The van der Waals surface area contributed by atoms with E-state index in [0.717, 1.165) is 17.7 Å². The van der Waals surface area contributed by atoms with Gasteiger partial charge in [0.2, 0.25) is 5.88 Å². The molecule has 31 heavy (non-hydrogen) atoms. The third kappa shape index (κ3) is 4.40. The second kappa shape index (κ2) is 9.03. The van der Waals surface area contributed by atoms with Crippen molar-refractivity contribution >= 4 is 17.3 Å². The molecule has 0 radical (unpaired) electrons. The topological polar surface area (TPSA) is 119 Å². The van der Waals surface area contributed by atoms with Gasteiger partial charge < -0.3 is 19.3 Å². The van der Waals surface area contributed by atoms with Crippen LogP contribution in [0.5, 0.6) is 5.88 Å². The molecule has 1 atom stereocenters. The molecule has 0 aromatic carbocycles. The van der Waals surface area contributed by atoms with Crippen LogP contribution in [0.25, 0.3) is 11.3 Å². The second-order valence-corrected chi connectivity index (χ2v) is 7.74. The molecule has 4 heterocycles. The zero-order valence-electron chi connectivity index (χ0n) is 17.3. The largest absolute Gasteiger partial charge is 0.472 e. The molecular formula is C20H23ClN6O4. The summed E-state index contributed by atoms with van der Waals surface area (Å²) < 4.78 is 12.6. The Kier molecular flexibility index (Phi) is 6.19. The van der Waals surface area contributed by atoms with Crippen LogP contribution >= 0.6 is 11.6 Å². The highest BCUT2D eigenvalue weighted by Gasteiger charge is 2.27. The van der Waals surface area contributed by atoms with E-state index >= 15 is 0 Å². The van der Waals surface area contributed by atoms with Crippen LogP contribution in [0.1, 0.15) is 24.3 Å². The second-order valence-electron chi connectivity index (χ2n) is 7.36. The van der Waals surface area contributed by atoms with Crippen LogP contribution in [0.2, 0.25) is 5.02 Å². The first-order valence-corrected chi connectivity index (χ1v) is 10.4. The smallest absolute Gasteiger partial charge is 0.287 e. The molecule has 3 aromatic heterocycles. The first-order valence-electron chi connectivity index (χ1n) is 10.0. The lowest BCUT2D eigenvalue weighted by molar-refractivity contribution is 0.215. The number of anilines is 1. The summed E-state index contributed by atoms with van der Waals surface area (Å²) in [6.45, 7) is 5.23. The number of hydrogen-bond donors (Lipinski definition) is 1. The molecule has 11 heteroatoms. The highest BCUT2D eigenvalue weighted by Crippen LogP contribution is 2.29. The molecule has 1 N–H and O–H groups in total. The Morgan fingerprint density at radius 1 is 1.35 bits per heavy atom.